The van der Waals surface area contributed by atoms with E-state index in [1.54, 1.807) is 12.1 Å². The van der Waals surface area contributed by atoms with Gasteiger partial charge in [0.05, 0.1) is 32.0 Å². The molecule has 1 N–H and O–H groups in total. The van der Waals surface area contributed by atoms with Crippen LogP contribution in [0.2, 0.25) is 10.0 Å². The van der Waals surface area contributed by atoms with Crippen molar-refractivity contribution in [2.45, 2.75) is 0 Å². The first-order chi connectivity index (χ1) is 11.9. The minimum atomic E-state index is -0.715. The number of halogens is 2. The van der Waals surface area contributed by atoms with Gasteiger partial charge in [0.25, 0.3) is 5.69 Å². The lowest BCUT2D eigenvalue weighted by Gasteiger charge is -2.11. The first kappa shape index (κ1) is 16.9. The molecule has 0 radical (unpaired) electrons. The minimum Gasteiger partial charge on any atom is -0.347 e. The van der Waals surface area contributed by atoms with Crippen molar-refractivity contribution >= 4 is 56.9 Å². The molecule has 0 bridgehead atoms. The van der Waals surface area contributed by atoms with E-state index in [0.717, 1.165) is 6.07 Å². The third-order valence-corrected chi connectivity index (χ3v) is 3.98. The lowest BCUT2D eigenvalue weighted by Crippen LogP contribution is -2.02. The van der Waals surface area contributed by atoms with Crippen LogP contribution in [0.5, 0.6) is 0 Å². The maximum Gasteiger partial charge on any atom is 0.301 e. The van der Waals surface area contributed by atoms with Crippen LogP contribution < -0.4 is 5.32 Å². The van der Waals surface area contributed by atoms with Crippen molar-refractivity contribution < 1.29 is 9.85 Å². The van der Waals surface area contributed by atoms with Gasteiger partial charge in [-0.1, -0.05) is 23.2 Å². The maximum atomic E-state index is 11.4. The third kappa shape index (κ3) is 3.17. The van der Waals surface area contributed by atoms with E-state index >= 15 is 0 Å². The van der Waals surface area contributed by atoms with Crippen molar-refractivity contribution in [3.05, 3.63) is 72.9 Å². The Morgan fingerprint density at radius 3 is 2.36 bits per heavy atom. The number of nitro groups is 2. The normalized spacial score (nSPS) is 10.6. The Hall–Kier alpha value is -2.97. The fraction of sp³-hybridized carbons (Fsp3) is 0. The third-order valence-electron chi connectivity index (χ3n) is 3.43. The number of nitro benzene ring substituents is 2. The summed E-state index contributed by atoms with van der Waals surface area (Å²) in [5.41, 5.74) is -0.425. The van der Waals surface area contributed by atoms with Crippen molar-refractivity contribution in [1.29, 1.82) is 0 Å². The van der Waals surface area contributed by atoms with Crippen LogP contribution in [0.3, 0.4) is 0 Å². The van der Waals surface area contributed by atoms with E-state index in [-0.39, 0.29) is 21.6 Å². The fourth-order valence-electron chi connectivity index (χ4n) is 2.36. The van der Waals surface area contributed by atoms with Gasteiger partial charge in [-0.3, -0.25) is 25.2 Å². The lowest BCUT2D eigenvalue weighted by atomic mass is 10.1. The first-order valence-electron chi connectivity index (χ1n) is 6.81. The molecule has 3 rings (SSSR count). The number of non-ortho nitro benzene ring substituents is 1. The standard InChI is InChI=1S/C15H8Cl2N4O4/c16-8-3-4-11(10(17)6-8)19-15-13(21(24)25)7-12(20(22)23)9-2-1-5-18-14(9)15/h1-7,19H. The number of fused-ring (bicyclic) bond motifs is 1. The molecule has 0 saturated carbocycles. The van der Waals surface area contributed by atoms with E-state index in [1.165, 1.54) is 24.4 Å². The molecule has 3 aromatic rings. The molecule has 0 spiro atoms. The zero-order valence-electron chi connectivity index (χ0n) is 12.3. The molecule has 8 nitrogen and oxygen atoms in total. The second-order valence-electron chi connectivity index (χ2n) is 4.95. The number of benzene rings is 2. The van der Waals surface area contributed by atoms with Gasteiger partial charge < -0.3 is 5.32 Å². The average Bonchev–Trinajstić information content (AvgIpc) is 2.56. The van der Waals surface area contributed by atoms with Crippen LogP contribution in [0, 0.1) is 20.2 Å². The van der Waals surface area contributed by atoms with Gasteiger partial charge in [0, 0.05) is 11.2 Å². The van der Waals surface area contributed by atoms with Crippen LogP contribution >= 0.6 is 23.2 Å². The summed E-state index contributed by atoms with van der Waals surface area (Å²) in [6.45, 7) is 0. The predicted molar refractivity (Wildman–Crippen MR) is 94.8 cm³/mol. The Bertz CT molecular complexity index is 1030. The number of hydrogen-bond acceptors (Lipinski definition) is 6. The Labute approximate surface area is 150 Å². The zero-order valence-corrected chi connectivity index (χ0v) is 13.8. The van der Waals surface area contributed by atoms with E-state index in [0.29, 0.717) is 10.7 Å². The van der Waals surface area contributed by atoms with Crippen molar-refractivity contribution in [3.8, 4) is 0 Å². The largest absolute Gasteiger partial charge is 0.347 e. The molecular weight excluding hydrogens is 371 g/mol. The number of aromatic nitrogens is 1. The van der Waals surface area contributed by atoms with Gasteiger partial charge in [-0.2, -0.15) is 0 Å². The predicted octanol–water partition coefficient (Wildman–Crippen LogP) is 5.10. The van der Waals surface area contributed by atoms with Gasteiger partial charge in [0.15, 0.2) is 0 Å². The van der Waals surface area contributed by atoms with Crippen LogP contribution in [0.25, 0.3) is 10.9 Å². The van der Waals surface area contributed by atoms with Crippen LogP contribution in [0.4, 0.5) is 22.7 Å². The number of nitrogens with one attached hydrogen (secondary N) is 1. The number of anilines is 2. The number of hydrogen-bond donors (Lipinski definition) is 1. The molecule has 0 atom stereocenters. The molecule has 126 valence electrons. The van der Waals surface area contributed by atoms with Crippen molar-refractivity contribution in [2.24, 2.45) is 0 Å². The molecule has 0 saturated heterocycles. The Morgan fingerprint density at radius 2 is 1.72 bits per heavy atom. The SMILES string of the molecule is O=[N+]([O-])c1cc([N+](=O)[O-])c2cccnc2c1Nc1ccc(Cl)cc1Cl. The smallest absolute Gasteiger partial charge is 0.301 e. The molecule has 1 aromatic heterocycles. The molecule has 0 amide bonds. The maximum absolute atomic E-state index is 11.4. The topological polar surface area (TPSA) is 111 Å². The van der Waals surface area contributed by atoms with Crippen molar-refractivity contribution in [1.82, 2.24) is 4.98 Å². The van der Waals surface area contributed by atoms with Gasteiger partial charge in [-0.15, -0.1) is 0 Å². The molecule has 0 aliphatic rings. The highest BCUT2D eigenvalue weighted by Gasteiger charge is 2.26. The second-order valence-corrected chi connectivity index (χ2v) is 5.80. The first-order valence-corrected chi connectivity index (χ1v) is 7.56. The second kappa shape index (κ2) is 6.50. The molecule has 25 heavy (non-hydrogen) atoms. The molecule has 1 heterocycles. The summed E-state index contributed by atoms with van der Waals surface area (Å²) >= 11 is 11.9. The van der Waals surface area contributed by atoms with E-state index in [4.69, 9.17) is 23.2 Å². The summed E-state index contributed by atoms with van der Waals surface area (Å²) in [6.07, 6.45) is 1.39. The van der Waals surface area contributed by atoms with Gasteiger partial charge in [-0.05, 0) is 30.3 Å². The van der Waals surface area contributed by atoms with Gasteiger partial charge in [0.2, 0.25) is 0 Å². The quantitative estimate of drug-likeness (QED) is 0.499. The van der Waals surface area contributed by atoms with Gasteiger partial charge in [0.1, 0.15) is 11.2 Å². The lowest BCUT2D eigenvalue weighted by molar-refractivity contribution is -0.392. The highest BCUT2D eigenvalue weighted by atomic mass is 35.5. The summed E-state index contributed by atoms with van der Waals surface area (Å²) in [6, 6.07) is 8.46. The summed E-state index contributed by atoms with van der Waals surface area (Å²) in [7, 11) is 0. The van der Waals surface area contributed by atoms with E-state index in [2.05, 4.69) is 10.3 Å². The van der Waals surface area contributed by atoms with Gasteiger partial charge in [-0.25, -0.2) is 0 Å². The highest BCUT2D eigenvalue weighted by Crippen LogP contribution is 2.40. The molecule has 0 aliphatic carbocycles. The summed E-state index contributed by atoms with van der Waals surface area (Å²) < 4.78 is 0. The van der Waals surface area contributed by atoms with Crippen LogP contribution in [-0.4, -0.2) is 14.8 Å². The Balaban J connectivity index is 2.29. The molecule has 10 heteroatoms. The summed E-state index contributed by atoms with van der Waals surface area (Å²) in [5, 5.41) is 26.3. The van der Waals surface area contributed by atoms with Crippen LogP contribution in [-0.2, 0) is 0 Å². The molecular formula is C15H8Cl2N4O4. The number of rotatable bonds is 4. The Kier molecular flexibility index (Phi) is 4.39. The molecule has 2 aromatic carbocycles. The van der Waals surface area contributed by atoms with Crippen molar-refractivity contribution in [2.75, 3.05) is 5.32 Å². The van der Waals surface area contributed by atoms with Crippen LogP contribution in [0.1, 0.15) is 0 Å². The summed E-state index contributed by atoms with van der Waals surface area (Å²) in [4.78, 5) is 25.4. The number of nitrogens with zero attached hydrogens (tertiary/aromatic N) is 3. The minimum absolute atomic E-state index is 0.00965. The monoisotopic (exact) mass is 378 g/mol. The zero-order chi connectivity index (χ0) is 18.1. The van der Waals surface area contributed by atoms with Crippen molar-refractivity contribution in [3.63, 3.8) is 0 Å². The molecule has 0 fully saturated rings. The fourth-order valence-corrected chi connectivity index (χ4v) is 2.81. The average molecular weight is 379 g/mol. The number of pyridine rings is 1. The summed E-state index contributed by atoms with van der Waals surface area (Å²) in [5.74, 6) is 0. The van der Waals surface area contributed by atoms with E-state index < -0.39 is 21.2 Å². The molecule has 0 unspecified atom stereocenters. The van der Waals surface area contributed by atoms with E-state index in [9.17, 15) is 20.2 Å². The van der Waals surface area contributed by atoms with Crippen LogP contribution in [0.15, 0.2) is 42.6 Å². The highest BCUT2D eigenvalue weighted by molar-refractivity contribution is 6.36. The van der Waals surface area contributed by atoms with Gasteiger partial charge >= 0.3 is 5.69 Å². The molecule has 0 aliphatic heterocycles. The van der Waals surface area contributed by atoms with E-state index in [1.807, 2.05) is 0 Å². The Morgan fingerprint density at radius 1 is 1.00 bits per heavy atom.